The topological polar surface area (TPSA) is 105 Å². The first kappa shape index (κ1) is 20.4. The summed E-state index contributed by atoms with van der Waals surface area (Å²) in [5.74, 6) is -1.31. The molecule has 0 atom stereocenters. The third kappa shape index (κ3) is 5.06. The van der Waals surface area contributed by atoms with Crippen LogP contribution in [0.2, 0.25) is 0 Å². The Hall–Kier alpha value is -2.90. The Labute approximate surface area is 158 Å². The Morgan fingerprint density at radius 1 is 1.22 bits per heavy atom. The Kier molecular flexibility index (Phi) is 6.20. The van der Waals surface area contributed by atoms with E-state index in [2.05, 4.69) is 10.6 Å². The lowest BCUT2D eigenvalue weighted by molar-refractivity contribution is -0.147. The zero-order valence-electron chi connectivity index (χ0n) is 16.0. The van der Waals surface area contributed by atoms with Crippen molar-refractivity contribution in [2.24, 2.45) is 0 Å². The summed E-state index contributed by atoms with van der Waals surface area (Å²) in [6, 6.07) is 5.09. The first-order valence-electron chi connectivity index (χ1n) is 8.77. The van der Waals surface area contributed by atoms with Crippen LogP contribution in [0, 0.1) is 13.8 Å². The van der Waals surface area contributed by atoms with Gasteiger partial charge in [0.05, 0.1) is 0 Å². The number of aryl methyl sites for hydroxylation is 1. The lowest BCUT2D eigenvalue weighted by Crippen LogP contribution is -2.40. The molecule has 0 bridgehead atoms. The fourth-order valence-corrected chi connectivity index (χ4v) is 2.69. The molecule has 8 heteroatoms. The minimum Gasteiger partial charge on any atom is -0.456 e. The number of esters is 1. The van der Waals surface area contributed by atoms with Crippen LogP contribution in [-0.2, 0) is 19.1 Å². The van der Waals surface area contributed by atoms with Crippen molar-refractivity contribution < 1.29 is 23.9 Å². The lowest BCUT2D eigenvalue weighted by atomic mass is 10.1. The molecule has 0 radical (unpaired) electrons. The SMILES string of the molecule is Cc1cccc(NC(=O)COC(=O)CCCN2C(=O)NC(C)(C)C2=O)c1C. The van der Waals surface area contributed by atoms with Gasteiger partial charge in [0.1, 0.15) is 5.54 Å². The molecule has 0 aliphatic carbocycles. The fraction of sp³-hybridized carbons (Fsp3) is 0.474. The van der Waals surface area contributed by atoms with Crippen molar-refractivity contribution in [1.82, 2.24) is 10.2 Å². The van der Waals surface area contributed by atoms with E-state index in [-0.39, 0.29) is 31.9 Å². The molecule has 2 rings (SSSR count). The van der Waals surface area contributed by atoms with Crippen LogP contribution in [0.3, 0.4) is 0 Å². The second-order valence-corrected chi connectivity index (χ2v) is 7.07. The van der Waals surface area contributed by atoms with E-state index in [9.17, 15) is 19.2 Å². The number of benzene rings is 1. The maximum absolute atomic E-state index is 12.0. The molecule has 1 aromatic carbocycles. The summed E-state index contributed by atoms with van der Waals surface area (Å²) in [6.45, 7) is 6.82. The summed E-state index contributed by atoms with van der Waals surface area (Å²) in [4.78, 5) is 48.6. The number of amides is 4. The molecule has 4 amide bonds. The Bertz CT molecular complexity index is 773. The van der Waals surface area contributed by atoms with Crippen LogP contribution >= 0.6 is 0 Å². The van der Waals surface area contributed by atoms with Crippen molar-refractivity contribution in [3.05, 3.63) is 29.3 Å². The number of ether oxygens (including phenoxy) is 1. The molecule has 1 saturated heterocycles. The van der Waals surface area contributed by atoms with Crippen LogP contribution < -0.4 is 10.6 Å². The summed E-state index contributed by atoms with van der Waals surface area (Å²) in [6.07, 6.45) is 0.279. The average Bonchev–Trinajstić information content (AvgIpc) is 2.78. The smallest absolute Gasteiger partial charge is 0.325 e. The number of hydrogen-bond acceptors (Lipinski definition) is 5. The van der Waals surface area contributed by atoms with Crippen molar-refractivity contribution in [3.63, 3.8) is 0 Å². The predicted molar refractivity (Wildman–Crippen MR) is 99.1 cm³/mol. The number of anilines is 1. The first-order chi connectivity index (χ1) is 12.6. The van der Waals surface area contributed by atoms with E-state index in [1.54, 1.807) is 19.9 Å². The highest BCUT2D eigenvalue weighted by Gasteiger charge is 2.43. The Balaban J connectivity index is 1.72. The van der Waals surface area contributed by atoms with Gasteiger partial charge in [-0.05, 0) is 51.3 Å². The molecule has 1 aromatic rings. The number of hydrogen-bond donors (Lipinski definition) is 2. The highest BCUT2D eigenvalue weighted by atomic mass is 16.5. The van der Waals surface area contributed by atoms with E-state index in [1.165, 1.54) is 0 Å². The van der Waals surface area contributed by atoms with Gasteiger partial charge in [0.25, 0.3) is 11.8 Å². The van der Waals surface area contributed by atoms with Gasteiger partial charge in [0, 0.05) is 18.7 Å². The minimum atomic E-state index is -0.927. The van der Waals surface area contributed by atoms with E-state index >= 15 is 0 Å². The third-order valence-electron chi connectivity index (χ3n) is 4.45. The fourth-order valence-electron chi connectivity index (χ4n) is 2.69. The van der Waals surface area contributed by atoms with Gasteiger partial charge < -0.3 is 15.4 Å². The highest BCUT2D eigenvalue weighted by Crippen LogP contribution is 2.18. The first-order valence-corrected chi connectivity index (χ1v) is 8.77. The number of urea groups is 1. The average molecular weight is 375 g/mol. The van der Waals surface area contributed by atoms with Gasteiger partial charge in [-0.1, -0.05) is 12.1 Å². The summed E-state index contributed by atoms with van der Waals surface area (Å²) in [7, 11) is 0. The van der Waals surface area contributed by atoms with E-state index in [1.807, 2.05) is 26.0 Å². The van der Waals surface area contributed by atoms with E-state index in [4.69, 9.17) is 4.74 Å². The third-order valence-corrected chi connectivity index (χ3v) is 4.45. The number of nitrogens with one attached hydrogen (secondary N) is 2. The van der Waals surface area contributed by atoms with E-state index in [0.29, 0.717) is 5.69 Å². The normalized spacial score (nSPS) is 15.5. The van der Waals surface area contributed by atoms with E-state index < -0.39 is 23.4 Å². The molecule has 2 N–H and O–H groups in total. The van der Waals surface area contributed by atoms with Crippen LogP contribution in [0.15, 0.2) is 18.2 Å². The summed E-state index contributed by atoms with van der Waals surface area (Å²) < 4.78 is 4.95. The van der Waals surface area contributed by atoms with Crippen LogP contribution in [0.1, 0.15) is 37.8 Å². The van der Waals surface area contributed by atoms with Crippen molar-refractivity contribution >= 4 is 29.5 Å². The second kappa shape index (κ2) is 8.20. The maximum Gasteiger partial charge on any atom is 0.325 e. The van der Waals surface area contributed by atoms with Gasteiger partial charge in [0.2, 0.25) is 0 Å². The molecular weight excluding hydrogens is 350 g/mol. The predicted octanol–water partition coefficient (Wildman–Crippen LogP) is 1.90. The van der Waals surface area contributed by atoms with Gasteiger partial charge in [-0.25, -0.2) is 4.79 Å². The zero-order valence-corrected chi connectivity index (χ0v) is 16.0. The van der Waals surface area contributed by atoms with Crippen molar-refractivity contribution in [3.8, 4) is 0 Å². The zero-order chi connectivity index (χ0) is 20.2. The monoisotopic (exact) mass is 375 g/mol. The van der Waals surface area contributed by atoms with E-state index in [0.717, 1.165) is 16.0 Å². The Morgan fingerprint density at radius 3 is 2.56 bits per heavy atom. The van der Waals surface area contributed by atoms with Gasteiger partial charge in [0.15, 0.2) is 6.61 Å². The molecule has 0 saturated carbocycles. The summed E-state index contributed by atoms with van der Waals surface area (Å²) in [5, 5.41) is 5.28. The lowest BCUT2D eigenvalue weighted by Gasteiger charge is -2.15. The number of imide groups is 1. The van der Waals surface area contributed by atoms with Crippen LogP contribution in [0.25, 0.3) is 0 Å². The van der Waals surface area contributed by atoms with Crippen LogP contribution in [-0.4, -0.2) is 47.4 Å². The van der Waals surface area contributed by atoms with Gasteiger partial charge in [-0.3, -0.25) is 19.3 Å². The number of nitrogens with zero attached hydrogens (tertiary/aromatic N) is 1. The molecule has 0 unspecified atom stereocenters. The van der Waals surface area contributed by atoms with Crippen molar-refractivity contribution in [2.45, 2.75) is 46.1 Å². The van der Waals surface area contributed by atoms with Crippen LogP contribution in [0.5, 0.6) is 0 Å². The largest absolute Gasteiger partial charge is 0.456 e. The molecule has 0 spiro atoms. The molecule has 27 heavy (non-hydrogen) atoms. The van der Waals surface area contributed by atoms with Crippen LogP contribution in [0.4, 0.5) is 10.5 Å². The standard InChI is InChI=1S/C19H25N3O5/c1-12-7-5-8-14(13(12)2)20-15(23)11-27-16(24)9-6-10-22-17(25)19(3,4)21-18(22)26/h5,7-8H,6,9-11H2,1-4H3,(H,20,23)(H,21,26). The Morgan fingerprint density at radius 2 is 1.93 bits per heavy atom. The summed E-state index contributed by atoms with van der Waals surface area (Å²) in [5.41, 5.74) is 1.75. The summed E-state index contributed by atoms with van der Waals surface area (Å²) >= 11 is 0. The minimum absolute atomic E-state index is 0.00818. The number of carbonyl (C=O) groups is 4. The molecule has 0 aromatic heterocycles. The second-order valence-electron chi connectivity index (χ2n) is 7.07. The number of rotatable bonds is 7. The van der Waals surface area contributed by atoms with Gasteiger partial charge in [-0.15, -0.1) is 0 Å². The van der Waals surface area contributed by atoms with Crippen molar-refractivity contribution in [2.75, 3.05) is 18.5 Å². The molecule has 1 aliphatic heterocycles. The highest BCUT2D eigenvalue weighted by molar-refractivity contribution is 6.06. The molecule has 8 nitrogen and oxygen atoms in total. The molecular formula is C19H25N3O5. The quantitative estimate of drug-likeness (QED) is 0.559. The van der Waals surface area contributed by atoms with Gasteiger partial charge >= 0.3 is 12.0 Å². The molecule has 146 valence electrons. The van der Waals surface area contributed by atoms with Gasteiger partial charge in [-0.2, -0.15) is 0 Å². The molecule has 1 heterocycles. The molecule has 1 fully saturated rings. The maximum atomic E-state index is 12.0. The molecule has 1 aliphatic rings. The number of carbonyl (C=O) groups excluding carboxylic acids is 4. The van der Waals surface area contributed by atoms with Crippen molar-refractivity contribution in [1.29, 1.82) is 0 Å².